The quantitative estimate of drug-likeness (QED) is 0.488. The Morgan fingerprint density at radius 3 is 2.75 bits per heavy atom. The molecule has 0 saturated carbocycles. The zero-order valence-corrected chi connectivity index (χ0v) is 17.8. The zero-order valence-electron chi connectivity index (χ0n) is 17.8. The fourth-order valence-corrected chi connectivity index (χ4v) is 3.86. The largest absolute Gasteiger partial charge is 0.475 e. The average molecular weight is 428 g/mol. The Morgan fingerprint density at radius 1 is 1.12 bits per heavy atom. The van der Waals surface area contributed by atoms with E-state index in [0.717, 1.165) is 33.4 Å². The molecule has 32 heavy (non-hydrogen) atoms. The number of hydrogen-bond acceptors (Lipinski definition) is 7. The van der Waals surface area contributed by atoms with Crippen molar-refractivity contribution in [1.29, 1.82) is 0 Å². The molecular formula is C24H24N6O2. The van der Waals surface area contributed by atoms with Gasteiger partial charge in [-0.25, -0.2) is 14.7 Å². The Bertz CT molecular complexity index is 1310. The molecule has 0 spiro atoms. The Kier molecular flexibility index (Phi) is 5.38. The second kappa shape index (κ2) is 8.49. The van der Waals surface area contributed by atoms with Crippen LogP contribution in [0.3, 0.4) is 0 Å². The number of nitrogens with two attached hydrogens (primary N) is 1. The van der Waals surface area contributed by atoms with E-state index in [2.05, 4.69) is 21.1 Å². The molecule has 0 radical (unpaired) electrons. The highest BCUT2D eigenvalue weighted by Crippen LogP contribution is 2.30. The molecule has 5 rings (SSSR count). The lowest BCUT2D eigenvalue weighted by Gasteiger charge is -2.10. The first-order valence-corrected chi connectivity index (χ1v) is 10.6. The van der Waals surface area contributed by atoms with Gasteiger partial charge in [0.1, 0.15) is 6.61 Å². The number of nitrogens with zero attached hydrogens (tertiary/aromatic N) is 5. The van der Waals surface area contributed by atoms with E-state index in [-0.39, 0.29) is 12.6 Å². The molecule has 0 amide bonds. The lowest BCUT2D eigenvalue weighted by Crippen LogP contribution is -2.06. The Balaban J connectivity index is 1.72. The summed E-state index contributed by atoms with van der Waals surface area (Å²) in [6, 6.07) is 15.7. The Hall–Kier alpha value is -3.62. The van der Waals surface area contributed by atoms with Gasteiger partial charge in [-0.1, -0.05) is 12.1 Å². The third-order valence-electron chi connectivity index (χ3n) is 5.39. The highest BCUT2D eigenvalue weighted by molar-refractivity contribution is 6.08. The zero-order chi connectivity index (χ0) is 22.1. The number of pyridine rings is 2. The molecule has 162 valence electrons. The van der Waals surface area contributed by atoms with Crippen LogP contribution in [0.1, 0.15) is 23.9 Å². The molecule has 0 aliphatic carbocycles. The molecule has 4 aromatic rings. The second-order valence-corrected chi connectivity index (χ2v) is 7.81. The number of aliphatic hydroxyl groups is 1. The minimum absolute atomic E-state index is 0.104. The molecular weight excluding hydrogens is 404 g/mol. The minimum Gasteiger partial charge on any atom is -0.475 e. The number of rotatable bonds is 6. The summed E-state index contributed by atoms with van der Waals surface area (Å²) in [6.07, 6.45) is 2.51. The van der Waals surface area contributed by atoms with Crippen molar-refractivity contribution < 1.29 is 9.84 Å². The molecule has 1 aromatic carbocycles. The van der Waals surface area contributed by atoms with Gasteiger partial charge in [-0.2, -0.15) is 5.10 Å². The van der Waals surface area contributed by atoms with E-state index >= 15 is 0 Å². The molecule has 1 aliphatic rings. The van der Waals surface area contributed by atoms with E-state index in [0.29, 0.717) is 37.0 Å². The maximum absolute atomic E-state index is 9.51. The van der Waals surface area contributed by atoms with Crippen molar-refractivity contribution in [3.8, 4) is 17.1 Å². The van der Waals surface area contributed by atoms with Gasteiger partial charge in [0, 0.05) is 28.6 Å². The second-order valence-electron chi connectivity index (χ2n) is 7.81. The summed E-state index contributed by atoms with van der Waals surface area (Å²) in [5, 5.41) is 15.0. The van der Waals surface area contributed by atoms with E-state index < -0.39 is 0 Å². The molecule has 3 N–H and O–H groups in total. The fraction of sp³-hybridized carbons (Fsp3) is 0.250. The summed E-state index contributed by atoms with van der Waals surface area (Å²) in [5.41, 5.74) is 10.8. The van der Waals surface area contributed by atoms with Crippen LogP contribution >= 0.6 is 0 Å². The Morgan fingerprint density at radius 2 is 1.97 bits per heavy atom. The van der Waals surface area contributed by atoms with Gasteiger partial charge in [0.15, 0.2) is 5.82 Å². The summed E-state index contributed by atoms with van der Waals surface area (Å²) in [4.78, 5) is 14.0. The molecule has 0 bridgehead atoms. The number of fused-ring (bicyclic) bond motifs is 1. The number of aromatic nitrogens is 4. The van der Waals surface area contributed by atoms with E-state index in [9.17, 15) is 5.11 Å². The predicted octanol–water partition coefficient (Wildman–Crippen LogP) is 2.64. The molecule has 1 aliphatic heterocycles. The van der Waals surface area contributed by atoms with Crippen molar-refractivity contribution in [3.05, 3.63) is 71.7 Å². The molecule has 1 atom stereocenters. The minimum atomic E-state index is -0.135. The smallest absolute Gasteiger partial charge is 0.217 e. The van der Waals surface area contributed by atoms with Crippen LogP contribution in [-0.2, 0) is 17.8 Å². The van der Waals surface area contributed by atoms with Gasteiger partial charge in [0.25, 0.3) is 0 Å². The maximum atomic E-state index is 9.51. The molecule has 8 heteroatoms. The van der Waals surface area contributed by atoms with Gasteiger partial charge in [-0.05, 0) is 49.9 Å². The number of aliphatic imine (C=N–C) groups is 1. The molecule has 3 aromatic heterocycles. The van der Waals surface area contributed by atoms with Crippen molar-refractivity contribution >= 4 is 16.8 Å². The summed E-state index contributed by atoms with van der Waals surface area (Å²) in [5.74, 6) is 1.24. The first kappa shape index (κ1) is 20.3. The summed E-state index contributed by atoms with van der Waals surface area (Å²) in [6.45, 7) is 2.99. The molecule has 0 fully saturated rings. The van der Waals surface area contributed by atoms with Gasteiger partial charge >= 0.3 is 0 Å². The third-order valence-corrected chi connectivity index (χ3v) is 5.39. The fourth-order valence-electron chi connectivity index (χ4n) is 3.86. The summed E-state index contributed by atoms with van der Waals surface area (Å²) < 4.78 is 7.66. The van der Waals surface area contributed by atoms with Crippen molar-refractivity contribution in [2.45, 2.75) is 26.0 Å². The number of aliphatic hydroxyl groups excluding tert-OH is 1. The monoisotopic (exact) mass is 428 g/mol. The lowest BCUT2D eigenvalue weighted by molar-refractivity contribution is 0.276. The van der Waals surface area contributed by atoms with E-state index in [1.807, 2.05) is 43.3 Å². The van der Waals surface area contributed by atoms with Crippen LogP contribution in [0.15, 0.2) is 59.7 Å². The van der Waals surface area contributed by atoms with Crippen LogP contribution in [-0.4, -0.2) is 49.9 Å². The van der Waals surface area contributed by atoms with Gasteiger partial charge < -0.3 is 15.6 Å². The first-order chi connectivity index (χ1) is 15.7. The van der Waals surface area contributed by atoms with Gasteiger partial charge in [0.2, 0.25) is 5.90 Å². The molecule has 0 unspecified atom stereocenters. The molecule has 8 nitrogen and oxygen atoms in total. The third kappa shape index (κ3) is 3.74. The van der Waals surface area contributed by atoms with Crippen LogP contribution in [0, 0.1) is 0 Å². The predicted molar refractivity (Wildman–Crippen MR) is 123 cm³/mol. The van der Waals surface area contributed by atoms with Crippen molar-refractivity contribution in [2.75, 3.05) is 13.2 Å². The van der Waals surface area contributed by atoms with Crippen LogP contribution in [0.25, 0.3) is 28.0 Å². The van der Waals surface area contributed by atoms with Gasteiger partial charge in [-0.15, -0.1) is 0 Å². The van der Waals surface area contributed by atoms with Crippen LogP contribution in [0.4, 0.5) is 0 Å². The molecule has 0 saturated heterocycles. The average Bonchev–Trinajstić information content (AvgIpc) is 3.45. The van der Waals surface area contributed by atoms with Crippen molar-refractivity contribution in [3.63, 3.8) is 0 Å². The number of ether oxygens (including phenoxy) is 1. The topological polar surface area (TPSA) is 111 Å². The Labute approximate surface area is 185 Å². The van der Waals surface area contributed by atoms with Crippen LogP contribution < -0.4 is 5.73 Å². The van der Waals surface area contributed by atoms with E-state index in [1.54, 1.807) is 16.9 Å². The number of benzene rings is 1. The summed E-state index contributed by atoms with van der Waals surface area (Å²) >= 11 is 0. The van der Waals surface area contributed by atoms with Gasteiger partial charge in [-0.3, -0.25) is 4.98 Å². The maximum Gasteiger partial charge on any atom is 0.217 e. The standard InChI is InChI=1S/C24H24N6O2/c1-15-14-32-24(27-15)19-10-16(21-6-2-4-17(28-21)8-9-25)11-22-20(19)12-26-30(22)23-7-3-5-18(13-31)29-23/h2-7,10-12,15,31H,8-9,13-14,25H2,1H3/t15-/m0/s1. The number of hydrogen-bond donors (Lipinski definition) is 2. The van der Waals surface area contributed by atoms with Crippen LogP contribution in [0.2, 0.25) is 0 Å². The SMILES string of the molecule is C[C@H]1COC(c2cc(-c3cccc(CCN)n3)cc3c2cnn3-c2cccc(CO)n2)=N1. The highest BCUT2D eigenvalue weighted by atomic mass is 16.5. The van der Waals surface area contributed by atoms with E-state index in [4.69, 9.17) is 15.5 Å². The van der Waals surface area contributed by atoms with E-state index in [1.165, 1.54) is 0 Å². The van der Waals surface area contributed by atoms with Crippen molar-refractivity contribution in [1.82, 2.24) is 19.7 Å². The van der Waals surface area contributed by atoms with Gasteiger partial charge in [0.05, 0.1) is 35.8 Å². The molecule has 4 heterocycles. The van der Waals surface area contributed by atoms with Crippen molar-refractivity contribution in [2.24, 2.45) is 10.7 Å². The summed E-state index contributed by atoms with van der Waals surface area (Å²) in [7, 11) is 0. The highest BCUT2D eigenvalue weighted by Gasteiger charge is 2.22. The van der Waals surface area contributed by atoms with Crippen LogP contribution in [0.5, 0.6) is 0 Å². The first-order valence-electron chi connectivity index (χ1n) is 10.6. The lowest BCUT2D eigenvalue weighted by atomic mass is 10.0. The normalized spacial score (nSPS) is 15.7.